The molecule has 96 valence electrons. The summed E-state index contributed by atoms with van der Waals surface area (Å²) in [7, 11) is 0. The number of rotatable bonds is 7. The number of hydrogen-bond donors (Lipinski definition) is 1. The number of unbranched alkanes of at least 4 members (excludes halogenated alkanes) is 1. The number of halogens is 2. The highest BCUT2D eigenvalue weighted by Crippen LogP contribution is 2.09. The molecule has 0 unspecified atom stereocenters. The zero-order valence-corrected chi connectivity index (χ0v) is 10.6. The number of amides is 1. The van der Waals surface area contributed by atoms with Crippen LogP contribution in [0.15, 0.2) is 12.4 Å². The number of anilines is 1. The van der Waals surface area contributed by atoms with Gasteiger partial charge in [0.25, 0.3) is 0 Å². The fraction of sp³-hybridized carbons (Fsp3) is 0.636. The van der Waals surface area contributed by atoms with Gasteiger partial charge in [-0.1, -0.05) is 6.92 Å². The van der Waals surface area contributed by atoms with E-state index in [4.69, 9.17) is 11.6 Å². The van der Waals surface area contributed by atoms with Gasteiger partial charge in [0, 0.05) is 12.7 Å². The van der Waals surface area contributed by atoms with E-state index in [0.717, 1.165) is 6.42 Å². The van der Waals surface area contributed by atoms with Crippen molar-refractivity contribution in [3.05, 3.63) is 12.4 Å². The van der Waals surface area contributed by atoms with E-state index in [0.29, 0.717) is 25.1 Å². The van der Waals surface area contributed by atoms with E-state index in [1.165, 1.54) is 0 Å². The second kappa shape index (κ2) is 7.27. The Morgan fingerprint density at radius 3 is 3.06 bits per heavy atom. The third-order valence-electron chi connectivity index (χ3n) is 2.31. The summed E-state index contributed by atoms with van der Waals surface area (Å²) in [6.45, 7) is 2.19. The van der Waals surface area contributed by atoms with Crippen molar-refractivity contribution in [3.63, 3.8) is 0 Å². The lowest BCUT2D eigenvalue weighted by molar-refractivity contribution is -0.115. The summed E-state index contributed by atoms with van der Waals surface area (Å²) < 4.78 is 13.6. The maximum Gasteiger partial charge on any atom is 0.242 e. The normalized spacial score (nSPS) is 12.4. The molecule has 0 spiro atoms. The first-order chi connectivity index (χ1) is 8.17. The van der Waals surface area contributed by atoms with Crippen LogP contribution >= 0.6 is 11.6 Å². The van der Waals surface area contributed by atoms with Crippen molar-refractivity contribution in [2.45, 2.75) is 38.1 Å². The highest BCUT2D eigenvalue weighted by atomic mass is 35.5. The van der Waals surface area contributed by atoms with Gasteiger partial charge in [-0.05, 0) is 19.3 Å². The number of alkyl halides is 2. The Morgan fingerprint density at radius 1 is 1.65 bits per heavy atom. The van der Waals surface area contributed by atoms with Gasteiger partial charge in [0.05, 0.1) is 18.6 Å². The SMILES string of the molecule is CC[C@H](Cl)C(=O)Nc1cnn(CCCCF)c1. The Balaban J connectivity index is 2.42. The molecule has 1 amide bonds. The molecule has 0 radical (unpaired) electrons. The zero-order valence-electron chi connectivity index (χ0n) is 9.83. The van der Waals surface area contributed by atoms with Crippen molar-refractivity contribution in [2.75, 3.05) is 12.0 Å². The predicted octanol–water partition coefficient (Wildman–Crippen LogP) is 2.59. The minimum Gasteiger partial charge on any atom is -0.322 e. The van der Waals surface area contributed by atoms with Gasteiger partial charge in [-0.3, -0.25) is 13.9 Å². The summed E-state index contributed by atoms with van der Waals surface area (Å²) in [6, 6.07) is 0. The number of nitrogens with zero attached hydrogens (tertiary/aromatic N) is 2. The first-order valence-corrected chi connectivity index (χ1v) is 6.14. The number of carbonyl (C=O) groups excluding carboxylic acids is 1. The molecule has 0 saturated heterocycles. The van der Waals surface area contributed by atoms with Crippen molar-refractivity contribution in [3.8, 4) is 0 Å². The van der Waals surface area contributed by atoms with Gasteiger partial charge in [-0.25, -0.2) is 0 Å². The average Bonchev–Trinajstić information content (AvgIpc) is 2.76. The molecule has 6 heteroatoms. The molecule has 17 heavy (non-hydrogen) atoms. The summed E-state index contributed by atoms with van der Waals surface area (Å²) in [6.07, 6.45) is 5.12. The lowest BCUT2D eigenvalue weighted by atomic mass is 10.3. The third-order valence-corrected chi connectivity index (χ3v) is 2.82. The monoisotopic (exact) mass is 261 g/mol. The molecule has 0 aliphatic heterocycles. The van der Waals surface area contributed by atoms with Crippen LogP contribution in [0.4, 0.5) is 10.1 Å². The number of aromatic nitrogens is 2. The van der Waals surface area contributed by atoms with E-state index < -0.39 is 5.38 Å². The molecule has 1 atom stereocenters. The van der Waals surface area contributed by atoms with Gasteiger partial charge in [-0.2, -0.15) is 5.10 Å². The molecule has 4 nitrogen and oxygen atoms in total. The first-order valence-electron chi connectivity index (χ1n) is 5.70. The van der Waals surface area contributed by atoms with Gasteiger partial charge >= 0.3 is 0 Å². The standard InChI is InChI=1S/C11H17ClFN3O/c1-2-10(12)11(17)15-9-7-14-16(8-9)6-4-3-5-13/h7-8,10H,2-6H2,1H3,(H,15,17)/t10-/m0/s1. The minimum absolute atomic E-state index is 0.225. The van der Waals surface area contributed by atoms with Crippen LogP contribution in [0.1, 0.15) is 26.2 Å². The van der Waals surface area contributed by atoms with Crippen LogP contribution in [0.5, 0.6) is 0 Å². The van der Waals surface area contributed by atoms with Gasteiger partial charge < -0.3 is 5.32 Å². The van der Waals surface area contributed by atoms with E-state index in [9.17, 15) is 9.18 Å². The minimum atomic E-state index is -0.523. The third kappa shape index (κ3) is 4.73. The van der Waals surface area contributed by atoms with Gasteiger partial charge in [0.1, 0.15) is 5.38 Å². The topological polar surface area (TPSA) is 46.9 Å². The molecule has 1 aromatic rings. The van der Waals surface area contributed by atoms with Crippen LogP contribution in [-0.2, 0) is 11.3 Å². The second-order valence-electron chi connectivity index (χ2n) is 3.75. The molecule has 1 aromatic heterocycles. The molecule has 0 aliphatic carbocycles. The van der Waals surface area contributed by atoms with E-state index in [1.54, 1.807) is 17.1 Å². The Hall–Kier alpha value is -1.10. The van der Waals surface area contributed by atoms with Crippen molar-refractivity contribution >= 4 is 23.2 Å². The molecule has 1 rings (SSSR count). The number of carbonyl (C=O) groups is 1. The second-order valence-corrected chi connectivity index (χ2v) is 4.28. The Bertz CT molecular complexity index is 356. The summed E-state index contributed by atoms with van der Waals surface area (Å²) in [5, 5.41) is 6.21. The highest BCUT2D eigenvalue weighted by molar-refractivity contribution is 6.32. The van der Waals surface area contributed by atoms with Crippen LogP contribution in [0, 0.1) is 0 Å². The average molecular weight is 262 g/mol. The molecule has 0 fully saturated rings. The molecule has 0 bridgehead atoms. The molecule has 0 aromatic carbocycles. The molecule has 1 heterocycles. The van der Waals surface area contributed by atoms with Crippen LogP contribution in [-0.4, -0.2) is 27.7 Å². The summed E-state index contributed by atoms with van der Waals surface area (Å²) in [4.78, 5) is 11.5. The van der Waals surface area contributed by atoms with Crippen molar-refractivity contribution in [1.29, 1.82) is 0 Å². The van der Waals surface area contributed by atoms with Crippen molar-refractivity contribution in [1.82, 2.24) is 9.78 Å². The number of hydrogen-bond acceptors (Lipinski definition) is 2. The van der Waals surface area contributed by atoms with E-state index >= 15 is 0 Å². The molecular weight excluding hydrogens is 245 g/mol. The van der Waals surface area contributed by atoms with Gasteiger partial charge in [0.2, 0.25) is 5.91 Å². The summed E-state index contributed by atoms with van der Waals surface area (Å²) >= 11 is 5.79. The van der Waals surface area contributed by atoms with Gasteiger partial charge in [-0.15, -0.1) is 11.6 Å². The first kappa shape index (κ1) is 14.0. The van der Waals surface area contributed by atoms with E-state index in [1.807, 2.05) is 6.92 Å². The Labute approximate surface area is 105 Å². The lowest BCUT2D eigenvalue weighted by Crippen LogP contribution is -2.22. The molecule has 0 saturated carbocycles. The number of aryl methyl sites for hydroxylation is 1. The van der Waals surface area contributed by atoms with Crippen LogP contribution in [0.3, 0.4) is 0 Å². The summed E-state index contributed by atoms with van der Waals surface area (Å²) in [5.41, 5.74) is 0.620. The zero-order chi connectivity index (χ0) is 12.7. The fourth-order valence-corrected chi connectivity index (χ4v) is 1.38. The van der Waals surface area contributed by atoms with Crippen molar-refractivity contribution < 1.29 is 9.18 Å². The van der Waals surface area contributed by atoms with Gasteiger partial charge in [0.15, 0.2) is 0 Å². The highest BCUT2D eigenvalue weighted by Gasteiger charge is 2.13. The Morgan fingerprint density at radius 2 is 2.41 bits per heavy atom. The van der Waals surface area contributed by atoms with Crippen LogP contribution < -0.4 is 5.32 Å². The quantitative estimate of drug-likeness (QED) is 0.606. The smallest absolute Gasteiger partial charge is 0.242 e. The summed E-state index contributed by atoms with van der Waals surface area (Å²) in [5.74, 6) is -0.225. The number of nitrogens with one attached hydrogen (secondary N) is 1. The molecule has 1 N–H and O–H groups in total. The maximum atomic E-state index is 11.9. The van der Waals surface area contributed by atoms with Crippen LogP contribution in [0.25, 0.3) is 0 Å². The van der Waals surface area contributed by atoms with E-state index in [2.05, 4.69) is 10.4 Å². The van der Waals surface area contributed by atoms with Crippen molar-refractivity contribution in [2.24, 2.45) is 0 Å². The predicted molar refractivity (Wildman–Crippen MR) is 66.0 cm³/mol. The maximum absolute atomic E-state index is 11.9. The van der Waals surface area contributed by atoms with E-state index in [-0.39, 0.29) is 12.6 Å². The van der Waals surface area contributed by atoms with Crippen LogP contribution in [0.2, 0.25) is 0 Å². The lowest BCUT2D eigenvalue weighted by Gasteiger charge is -2.05. The molecule has 0 aliphatic rings. The Kier molecular flexibility index (Phi) is 5.97. The fourth-order valence-electron chi connectivity index (χ4n) is 1.32. The largest absolute Gasteiger partial charge is 0.322 e. The molecular formula is C11H17ClFN3O.